The summed E-state index contributed by atoms with van der Waals surface area (Å²) in [5, 5.41) is 2.35. The van der Waals surface area contributed by atoms with Crippen LogP contribution in [0.25, 0.3) is 21.9 Å². The fourth-order valence-corrected chi connectivity index (χ4v) is 4.75. The summed E-state index contributed by atoms with van der Waals surface area (Å²) in [7, 11) is 0. The third-order valence-corrected chi connectivity index (χ3v) is 6.50. The van der Waals surface area contributed by atoms with Gasteiger partial charge in [-0.05, 0) is 68.1 Å². The zero-order valence-electron chi connectivity index (χ0n) is 18.1. The molecule has 2 aromatic heterocycles. The lowest BCUT2D eigenvalue weighted by Crippen LogP contribution is -2.46. The van der Waals surface area contributed by atoms with Gasteiger partial charge in [-0.3, -0.25) is 4.90 Å². The Kier molecular flexibility index (Phi) is 5.51. The van der Waals surface area contributed by atoms with Gasteiger partial charge in [0.25, 0.3) is 0 Å². The van der Waals surface area contributed by atoms with Crippen molar-refractivity contribution in [1.82, 2.24) is 9.88 Å². The van der Waals surface area contributed by atoms with Crippen LogP contribution in [0.3, 0.4) is 0 Å². The summed E-state index contributed by atoms with van der Waals surface area (Å²) in [4.78, 5) is 19.9. The lowest BCUT2D eigenvalue weighted by atomic mass is 10.1. The second-order valence-electron chi connectivity index (χ2n) is 8.58. The second kappa shape index (κ2) is 8.60. The number of anilines is 1. The van der Waals surface area contributed by atoms with Crippen LogP contribution in [0.15, 0.2) is 63.9 Å². The van der Waals surface area contributed by atoms with Crippen molar-refractivity contribution in [3.63, 3.8) is 0 Å². The molecule has 1 saturated heterocycles. The molecule has 0 unspecified atom stereocenters. The van der Waals surface area contributed by atoms with E-state index in [-0.39, 0.29) is 5.63 Å². The molecule has 5 rings (SSSR count). The minimum Gasteiger partial charge on any atom is -0.423 e. The van der Waals surface area contributed by atoms with E-state index in [1.165, 1.54) is 41.1 Å². The molecule has 31 heavy (non-hydrogen) atoms. The summed E-state index contributed by atoms with van der Waals surface area (Å²) >= 11 is 0. The number of para-hydroxylation sites is 1. The number of benzene rings is 2. The molecule has 1 aliphatic rings. The van der Waals surface area contributed by atoms with Crippen LogP contribution >= 0.6 is 0 Å². The van der Waals surface area contributed by atoms with Gasteiger partial charge in [0.05, 0.1) is 0 Å². The van der Waals surface area contributed by atoms with E-state index in [0.29, 0.717) is 5.58 Å². The molecule has 160 valence electrons. The quantitative estimate of drug-likeness (QED) is 0.365. The predicted molar refractivity (Wildman–Crippen MR) is 127 cm³/mol. The van der Waals surface area contributed by atoms with Crippen LogP contribution in [-0.2, 0) is 6.42 Å². The molecule has 0 spiro atoms. The van der Waals surface area contributed by atoms with E-state index in [4.69, 9.17) is 4.42 Å². The van der Waals surface area contributed by atoms with Crippen molar-refractivity contribution in [2.24, 2.45) is 0 Å². The first-order valence-corrected chi connectivity index (χ1v) is 11.2. The van der Waals surface area contributed by atoms with Crippen LogP contribution in [0, 0.1) is 6.92 Å². The summed E-state index contributed by atoms with van der Waals surface area (Å²) in [5.41, 5.74) is 5.46. The maximum atomic E-state index is 11.5. The van der Waals surface area contributed by atoms with Gasteiger partial charge in [0.15, 0.2) is 0 Å². The van der Waals surface area contributed by atoms with E-state index in [1.807, 2.05) is 12.1 Å². The lowest BCUT2D eigenvalue weighted by Gasteiger charge is -2.37. The number of hydrogen-bond donors (Lipinski definition) is 1. The van der Waals surface area contributed by atoms with Crippen LogP contribution in [0.1, 0.15) is 24.0 Å². The van der Waals surface area contributed by atoms with Crippen LogP contribution in [0.2, 0.25) is 0 Å². The molecule has 0 aliphatic carbocycles. The lowest BCUT2D eigenvalue weighted by molar-refractivity contribution is 0.253. The number of piperazine rings is 1. The first-order chi connectivity index (χ1) is 15.2. The Balaban J connectivity index is 1.13. The van der Waals surface area contributed by atoms with Crippen molar-refractivity contribution >= 4 is 27.6 Å². The Morgan fingerprint density at radius 3 is 2.71 bits per heavy atom. The highest BCUT2D eigenvalue weighted by molar-refractivity contribution is 5.83. The minimum atomic E-state index is -0.294. The SMILES string of the molecule is Cc1cc2oc(=O)ccc2cc1N1CCN(CCCCc2c[nH]c3ccccc23)CC1. The Bertz CT molecular complexity index is 1250. The first kappa shape index (κ1) is 19.9. The summed E-state index contributed by atoms with van der Waals surface area (Å²) in [5.74, 6) is 0. The monoisotopic (exact) mass is 415 g/mol. The molecular formula is C26H29N3O2. The first-order valence-electron chi connectivity index (χ1n) is 11.2. The van der Waals surface area contributed by atoms with Gasteiger partial charge in [0.1, 0.15) is 5.58 Å². The molecule has 0 amide bonds. The fourth-order valence-electron chi connectivity index (χ4n) is 4.75. The van der Waals surface area contributed by atoms with Gasteiger partial charge in [0.2, 0.25) is 0 Å². The van der Waals surface area contributed by atoms with Crippen molar-refractivity contribution in [2.45, 2.75) is 26.2 Å². The summed E-state index contributed by atoms with van der Waals surface area (Å²) in [6.45, 7) is 7.51. The second-order valence-corrected chi connectivity index (χ2v) is 8.58. The number of rotatable bonds is 6. The van der Waals surface area contributed by atoms with Crippen molar-refractivity contribution in [1.29, 1.82) is 0 Å². The molecule has 5 nitrogen and oxygen atoms in total. The number of H-pyrrole nitrogens is 1. The highest BCUT2D eigenvalue weighted by atomic mass is 16.4. The van der Waals surface area contributed by atoms with Gasteiger partial charge in [-0.1, -0.05) is 18.2 Å². The highest BCUT2D eigenvalue weighted by Crippen LogP contribution is 2.27. The van der Waals surface area contributed by atoms with Crippen molar-refractivity contribution in [2.75, 3.05) is 37.6 Å². The topological polar surface area (TPSA) is 52.5 Å². The van der Waals surface area contributed by atoms with Gasteiger partial charge in [0, 0.05) is 60.4 Å². The van der Waals surface area contributed by atoms with E-state index in [0.717, 1.165) is 50.1 Å². The molecule has 0 bridgehead atoms. The standard InChI is InChI=1S/C26H29N3O2/c1-19-16-25-20(9-10-26(30)31-25)17-24(19)29-14-12-28(13-15-29)11-5-4-6-21-18-27-23-8-3-2-7-22(21)23/h2-3,7-10,16-18,27H,4-6,11-15H2,1H3. The van der Waals surface area contributed by atoms with E-state index in [9.17, 15) is 4.79 Å². The third kappa shape index (κ3) is 4.23. The van der Waals surface area contributed by atoms with Crippen LogP contribution in [0.5, 0.6) is 0 Å². The minimum absolute atomic E-state index is 0.294. The van der Waals surface area contributed by atoms with E-state index in [2.05, 4.69) is 58.2 Å². The number of fused-ring (bicyclic) bond motifs is 2. The van der Waals surface area contributed by atoms with Crippen LogP contribution in [0.4, 0.5) is 5.69 Å². The Morgan fingerprint density at radius 2 is 1.84 bits per heavy atom. The largest absolute Gasteiger partial charge is 0.423 e. The predicted octanol–water partition coefficient (Wildman–Crippen LogP) is 4.73. The number of unbranched alkanes of at least 4 members (excludes halogenated alkanes) is 1. The van der Waals surface area contributed by atoms with Crippen molar-refractivity contribution in [3.05, 3.63) is 76.3 Å². The molecule has 0 radical (unpaired) electrons. The number of nitrogens with one attached hydrogen (secondary N) is 1. The van der Waals surface area contributed by atoms with Gasteiger partial charge >= 0.3 is 5.63 Å². The van der Waals surface area contributed by atoms with Gasteiger partial charge in [-0.15, -0.1) is 0 Å². The number of hydrogen-bond acceptors (Lipinski definition) is 4. The molecule has 3 heterocycles. The maximum Gasteiger partial charge on any atom is 0.336 e. The molecule has 5 heteroatoms. The summed E-state index contributed by atoms with van der Waals surface area (Å²) in [6.07, 6.45) is 5.75. The average molecular weight is 416 g/mol. The number of nitrogens with zero attached hydrogens (tertiary/aromatic N) is 2. The maximum absolute atomic E-state index is 11.5. The summed E-state index contributed by atoms with van der Waals surface area (Å²) < 4.78 is 5.32. The average Bonchev–Trinajstić information content (AvgIpc) is 3.20. The summed E-state index contributed by atoms with van der Waals surface area (Å²) in [6, 6.07) is 16.1. The number of aryl methyl sites for hydroxylation is 2. The number of aromatic amines is 1. The van der Waals surface area contributed by atoms with Crippen molar-refractivity contribution < 1.29 is 4.42 Å². The van der Waals surface area contributed by atoms with E-state index in [1.54, 1.807) is 0 Å². The Morgan fingerprint density at radius 1 is 1.00 bits per heavy atom. The fraction of sp³-hybridized carbons (Fsp3) is 0.346. The molecule has 1 fully saturated rings. The van der Waals surface area contributed by atoms with Crippen molar-refractivity contribution in [3.8, 4) is 0 Å². The molecule has 0 saturated carbocycles. The van der Waals surface area contributed by atoms with Gasteiger partial charge in [-0.25, -0.2) is 4.79 Å². The zero-order valence-corrected chi connectivity index (χ0v) is 18.1. The van der Waals surface area contributed by atoms with E-state index < -0.39 is 0 Å². The van der Waals surface area contributed by atoms with Crippen LogP contribution < -0.4 is 10.5 Å². The van der Waals surface area contributed by atoms with Gasteiger partial charge < -0.3 is 14.3 Å². The Labute approximate surface area is 182 Å². The molecule has 1 N–H and O–H groups in total. The third-order valence-electron chi connectivity index (χ3n) is 6.50. The normalized spacial score (nSPS) is 15.2. The Hall–Kier alpha value is -3.05. The van der Waals surface area contributed by atoms with Gasteiger partial charge in [-0.2, -0.15) is 0 Å². The van der Waals surface area contributed by atoms with Crippen LogP contribution in [-0.4, -0.2) is 42.6 Å². The smallest absolute Gasteiger partial charge is 0.336 e. The molecule has 4 aromatic rings. The zero-order chi connectivity index (χ0) is 21.2. The molecule has 0 atom stereocenters. The highest BCUT2D eigenvalue weighted by Gasteiger charge is 2.19. The number of aromatic nitrogens is 1. The van der Waals surface area contributed by atoms with E-state index >= 15 is 0 Å². The molecular weight excluding hydrogens is 386 g/mol. The molecule has 1 aliphatic heterocycles. The molecule has 2 aromatic carbocycles.